The molecule has 4 N–H and O–H groups in total. The molecule has 136 valence electrons. The van der Waals surface area contributed by atoms with E-state index in [4.69, 9.17) is 5.73 Å². The minimum Gasteiger partial charge on any atom is -0.477 e. The van der Waals surface area contributed by atoms with Gasteiger partial charge in [-0.05, 0) is 6.92 Å². The number of carboxylic acids is 1. The van der Waals surface area contributed by atoms with Gasteiger partial charge in [0.05, 0.1) is 7.11 Å². The maximum atomic E-state index is 12.4. The van der Waals surface area contributed by atoms with Crippen LogP contribution in [0.2, 0.25) is 0 Å². The molecule has 1 saturated heterocycles. The van der Waals surface area contributed by atoms with Gasteiger partial charge >= 0.3 is 18.0 Å². The van der Waals surface area contributed by atoms with Gasteiger partial charge in [0, 0.05) is 23.1 Å². The van der Waals surface area contributed by atoms with Gasteiger partial charge in [0.1, 0.15) is 23.7 Å². The fourth-order valence-corrected chi connectivity index (χ4v) is 3.80. The number of carboxylic acid groups (broad SMARTS) is 1. The molecular weight excluding hydrogens is 354 g/mol. The van der Waals surface area contributed by atoms with Gasteiger partial charge in [-0.1, -0.05) is 0 Å². The van der Waals surface area contributed by atoms with Gasteiger partial charge in [-0.3, -0.25) is 9.69 Å². The fourth-order valence-electron chi connectivity index (χ4n) is 2.48. The molecule has 2 amide bonds. The van der Waals surface area contributed by atoms with E-state index in [0.29, 0.717) is 11.3 Å². The largest absolute Gasteiger partial charge is 0.477 e. The number of nitrogens with zero attached hydrogens (tertiary/aromatic N) is 1. The molecule has 2 aliphatic rings. The molecule has 10 nitrogen and oxygen atoms in total. The van der Waals surface area contributed by atoms with E-state index in [0.717, 1.165) is 4.90 Å². The highest BCUT2D eigenvalue weighted by molar-refractivity contribution is 8.00. The van der Waals surface area contributed by atoms with Crippen molar-refractivity contribution < 1.29 is 33.8 Å². The van der Waals surface area contributed by atoms with Crippen LogP contribution in [0.25, 0.3) is 0 Å². The molecule has 25 heavy (non-hydrogen) atoms. The minimum absolute atomic E-state index is 0.206. The number of allylic oxidation sites excluding steroid dienone is 1. The van der Waals surface area contributed by atoms with Crippen LogP contribution in [0.3, 0.4) is 0 Å². The van der Waals surface area contributed by atoms with E-state index in [1.165, 1.54) is 24.9 Å². The molecule has 0 saturated carbocycles. The molecular formula is C14H17N3O7S. The molecule has 0 bridgehead atoms. The summed E-state index contributed by atoms with van der Waals surface area (Å²) in [7, 11) is 1.24. The number of hydrogen-bond acceptors (Lipinski definition) is 8. The highest BCUT2D eigenvalue weighted by Gasteiger charge is 2.53. The summed E-state index contributed by atoms with van der Waals surface area (Å²) in [5.74, 6) is -2.05. The Morgan fingerprint density at radius 1 is 1.48 bits per heavy atom. The van der Waals surface area contributed by atoms with E-state index < -0.39 is 35.4 Å². The monoisotopic (exact) mass is 371 g/mol. The first kappa shape index (κ1) is 18.6. The molecule has 2 aliphatic heterocycles. The summed E-state index contributed by atoms with van der Waals surface area (Å²) >= 11 is 1.32. The normalized spacial score (nSPS) is 22.7. The first-order valence-electron chi connectivity index (χ1n) is 7.11. The number of carbonyl (C=O) groups is 4. The molecule has 11 heteroatoms. The van der Waals surface area contributed by atoms with Crippen molar-refractivity contribution >= 4 is 35.7 Å². The minimum atomic E-state index is -1.29. The molecule has 2 heterocycles. The molecule has 0 aromatic rings. The maximum absolute atomic E-state index is 12.4. The number of fused-ring (bicyclic) bond motifs is 1. The van der Waals surface area contributed by atoms with Crippen molar-refractivity contribution in [3.8, 4) is 0 Å². The number of nitrogens with two attached hydrogens (primary N) is 1. The molecule has 0 aliphatic carbocycles. The lowest BCUT2D eigenvalue weighted by Crippen LogP contribution is -2.69. The molecule has 2 atom stereocenters. The van der Waals surface area contributed by atoms with E-state index in [-0.39, 0.29) is 18.1 Å². The number of nitrogens with one attached hydrogen (secondary N) is 1. The lowest BCUT2D eigenvalue weighted by molar-refractivity contribution is -0.149. The smallest absolute Gasteiger partial charge is 0.404 e. The molecule has 0 spiro atoms. The second-order valence-corrected chi connectivity index (χ2v) is 6.35. The number of aliphatic carboxylic acids is 1. The molecule has 2 rings (SSSR count). The molecule has 0 radical (unpaired) electrons. The first-order valence-corrected chi connectivity index (χ1v) is 8.16. The number of thioether (sulfide) groups is 1. The van der Waals surface area contributed by atoms with Gasteiger partial charge in [0.2, 0.25) is 0 Å². The van der Waals surface area contributed by atoms with Crippen molar-refractivity contribution in [3.05, 3.63) is 23.0 Å². The zero-order valence-corrected chi connectivity index (χ0v) is 14.3. The maximum Gasteiger partial charge on any atom is 0.404 e. The standard InChI is InChI=1S/C14H17N3O7S/c1-6(3-8(18)23-2)16-9-11(19)17-10(13(20)21)7(4-24-14(15)22)5-25-12(9)17/h3,9,12,16H,4-5H2,1-2H3,(H2,15,22)(H,20,21)/t9?,12-/m0/s1. The summed E-state index contributed by atoms with van der Waals surface area (Å²) in [6.45, 7) is 1.31. The van der Waals surface area contributed by atoms with Crippen molar-refractivity contribution in [2.45, 2.75) is 18.3 Å². The quantitative estimate of drug-likeness (QED) is 0.315. The molecule has 1 unspecified atom stereocenters. The van der Waals surface area contributed by atoms with Crippen LogP contribution < -0.4 is 11.1 Å². The third-order valence-corrected chi connectivity index (χ3v) is 4.90. The van der Waals surface area contributed by atoms with E-state index >= 15 is 0 Å². The van der Waals surface area contributed by atoms with Gasteiger partial charge in [0.15, 0.2) is 0 Å². The zero-order chi connectivity index (χ0) is 18.7. The lowest BCUT2D eigenvalue weighted by atomic mass is 10.0. The van der Waals surface area contributed by atoms with Crippen LogP contribution in [0.15, 0.2) is 23.0 Å². The Balaban J connectivity index is 2.16. The number of carbonyl (C=O) groups excluding carboxylic acids is 3. The van der Waals surface area contributed by atoms with Crippen molar-refractivity contribution in [2.24, 2.45) is 5.73 Å². The Labute approximate surface area is 147 Å². The van der Waals surface area contributed by atoms with Crippen LogP contribution in [0, 0.1) is 0 Å². The summed E-state index contributed by atoms with van der Waals surface area (Å²) in [4.78, 5) is 47.0. The summed E-state index contributed by atoms with van der Waals surface area (Å²) in [6.07, 6.45) is 0.172. The van der Waals surface area contributed by atoms with Gasteiger partial charge in [0.25, 0.3) is 5.91 Å². The SMILES string of the molecule is COC(=O)C=C(C)NC1C(=O)N2C(C(=O)O)=C(COC(N)=O)CS[C@@H]12. The van der Waals surface area contributed by atoms with Crippen molar-refractivity contribution in [1.82, 2.24) is 10.2 Å². The number of primary amides is 1. The number of esters is 1. The van der Waals surface area contributed by atoms with Crippen LogP contribution in [0.5, 0.6) is 0 Å². The van der Waals surface area contributed by atoms with Crippen molar-refractivity contribution in [3.63, 3.8) is 0 Å². The summed E-state index contributed by atoms with van der Waals surface area (Å²) in [5.41, 5.74) is 5.40. The molecule has 0 aromatic carbocycles. The van der Waals surface area contributed by atoms with Gasteiger partial charge in [-0.2, -0.15) is 0 Å². The second kappa shape index (κ2) is 7.47. The highest BCUT2D eigenvalue weighted by Crippen LogP contribution is 2.40. The average Bonchev–Trinajstić information content (AvgIpc) is 2.56. The van der Waals surface area contributed by atoms with E-state index in [1.807, 2.05) is 0 Å². The first-order chi connectivity index (χ1) is 11.8. The number of amides is 2. The zero-order valence-electron chi connectivity index (χ0n) is 13.5. The highest BCUT2D eigenvalue weighted by atomic mass is 32.2. The fraction of sp³-hybridized carbons (Fsp3) is 0.429. The van der Waals surface area contributed by atoms with Crippen LogP contribution in [0.4, 0.5) is 4.79 Å². The Morgan fingerprint density at radius 2 is 2.16 bits per heavy atom. The lowest BCUT2D eigenvalue weighted by Gasteiger charge is -2.49. The summed E-state index contributed by atoms with van der Waals surface area (Å²) < 4.78 is 9.15. The third kappa shape index (κ3) is 3.87. The van der Waals surface area contributed by atoms with Crippen molar-refractivity contribution in [2.75, 3.05) is 19.5 Å². The summed E-state index contributed by atoms with van der Waals surface area (Å²) in [6, 6.07) is -0.668. The van der Waals surface area contributed by atoms with Crippen LogP contribution in [0.1, 0.15) is 6.92 Å². The topological polar surface area (TPSA) is 148 Å². The van der Waals surface area contributed by atoms with Crippen molar-refractivity contribution in [1.29, 1.82) is 0 Å². The predicted molar refractivity (Wildman–Crippen MR) is 86.0 cm³/mol. The Hall–Kier alpha value is -2.69. The average molecular weight is 371 g/mol. The Kier molecular flexibility index (Phi) is 5.57. The molecule has 0 aromatic heterocycles. The number of methoxy groups -OCH3 is 1. The van der Waals surface area contributed by atoms with Gasteiger partial charge in [-0.15, -0.1) is 11.8 Å². The third-order valence-electron chi connectivity index (χ3n) is 3.56. The van der Waals surface area contributed by atoms with E-state index in [1.54, 1.807) is 6.92 Å². The second-order valence-electron chi connectivity index (χ2n) is 5.25. The van der Waals surface area contributed by atoms with Crippen LogP contribution in [-0.4, -0.2) is 64.8 Å². The van der Waals surface area contributed by atoms with Crippen LogP contribution in [-0.2, 0) is 23.9 Å². The van der Waals surface area contributed by atoms with Crippen LogP contribution >= 0.6 is 11.8 Å². The van der Waals surface area contributed by atoms with E-state index in [2.05, 4.69) is 14.8 Å². The van der Waals surface area contributed by atoms with E-state index in [9.17, 15) is 24.3 Å². The molecule has 1 fully saturated rings. The Morgan fingerprint density at radius 3 is 2.72 bits per heavy atom. The van der Waals surface area contributed by atoms with Gasteiger partial charge < -0.3 is 25.6 Å². The number of hydrogen-bond donors (Lipinski definition) is 3. The number of ether oxygens (including phenoxy) is 2. The van der Waals surface area contributed by atoms with Gasteiger partial charge in [-0.25, -0.2) is 14.4 Å². The number of rotatable bonds is 6. The Bertz CT molecular complexity index is 688. The predicted octanol–water partition coefficient (Wildman–Crippen LogP) is -0.629. The number of β-lactam (4-membered cyclic amide) rings is 1. The summed E-state index contributed by atoms with van der Waals surface area (Å²) in [5, 5.41) is 11.8.